The van der Waals surface area contributed by atoms with Gasteiger partial charge < -0.3 is 10.5 Å². The van der Waals surface area contributed by atoms with Crippen LogP contribution in [0.4, 0.5) is 0 Å². The van der Waals surface area contributed by atoms with Crippen molar-refractivity contribution >= 4 is 17.6 Å². The van der Waals surface area contributed by atoms with Crippen molar-refractivity contribution in [3.8, 4) is 0 Å². The van der Waals surface area contributed by atoms with Gasteiger partial charge in [-0.1, -0.05) is 20.3 Å². The van der Waals surface area contributed by atoms with Crippen molar-refractivity contribution in [1.82, 2.24) is 0 Å². The van der Waals surface area contributed by atoms with Gasteiger partial charge in [-0.05, 0) is 18.6 Å². The zero-order chi connectivity index (χ0) is 11.7. The van der Waals surface area contributed by atoms with E-state index in [0.29, 0.717) is 5.84 Å². The number of nitrogens with one attached hydrogen (secondary N) is 1. The van der Waals surface area contributed by atoms with E-state index in [1.807, 2.05) is 25.6 Å². The van der Waals surface area contributed by atoms with Crippen molar-refractivity contribution in [1.29, 1.82) is 5.41 Å². The molecule has 0 heterocycles. The number of rotatable bonds is 9. The lowest BCUT2D eigenvalue weighted by Gasteiger charge is -2.22. The highest BCUT2D eigenvalue weighted by Crippen LogP contribution is 2.23. The maximum atomic E-state index is 7.42. The second-order valence-corrected chi connectivity index (χ2v) is 5.58. The number of hydrogen-bond donors (Lipinski definition) is 2. The van der Waals surface area contributed by atoms with Crippen LogP contribution in [-0.4, -0.2) is 31.1 Å². The lowest BCUT2D eigenvalue weighted by Crippen LogP contribution is -2.30. The molecule has 0 fully saturated rings. The summed E-state index contributed by atoms with van der Waals surface area (Å²) in [6.07, 6.45) is 3.35. The van der Waals surface area contributed by atoms with Crippen LogP contribution in [0.5, 0.6) is 0 Å². The summed E-state index contributed by atoms with van der Waals surface area (Å²) >= 11 is 1.93. The molecule has 0 amide bonds. The van der Waals surface area contributed by atoms with Crippen LogP contribution in [0.1, 0.15) is 33.1 Å². The Balaban J connectivity index is 3.35. The normalized spacial score (nSPS) is 11.7. The number of hydrogen-bond acceptors (Lipinski definition) is 3. The SMILES string of the molecule is COCCSCCCCC(C)(C)C(=N)N. The van der Waals surface area contributed by atoms with Crippen molar-refractivity contribution in [2.24, 2.45) is 11.1 Å². The second kappa shape index (κ2) is 7.99. The van der Waals surface area contributed by atoms with Crippen molar-refractivity contribution in [2.45, 2.75) is 33.1 Å². The Hall–Kier alpha value is -0.220. The van der Waals surface area contributed by atoms with Crippen molar-refractivity contribution in [3.63, 3.8) is 0 Å². The molecule has 0 aromatic rings. The molecule has 15 heavy (non-hydrogen) atoms. The molecule has 90 valence electrons. The number of unbranched alkanes of at least 4 members (excludes halogenated alkanes) is 1. The summed E-state index contributed by atoms with van der Waals surface area (Å²) in [4.78, 5) is 0. The van der Waals surface area contributed by atoms with Crippen LogP contribution in [0.15, 0.2) is 0 Å². The average Bonchev–Trinajstić information content (AvgIpc) is 2.16. The molecule has 3 N–H and O–H groups in total. The molecule has 4 heteroatoms. The Morgan fingerprint density at radius 1 is 1.33 bits per heavy atom. The molecular weight excluding hydrogens is 208 g/mol. The smallest absolute Gasteiger partial charge is 0.0963 e. The highest BCUT2D eigenvalue weighted by atomic mass is 32.2. The number of nitrogens with two attached hydrogens (primary N) is 1. The van der Waals surface area contributed by atoms with Gasteiger partial charge in [0.2, 0.25) is 0 Å². The molecule has 0 spiro atoms. The maximum Gasteiger partial charge on any atom is 0.0963 e. The monoisotopic (exact) mass is 232 g/mol. The number of methoxy groups -OCH3 is 1. The van der Waals surface area contributed by atoms with Gasteiger partial charge in [-0.2, -0.15) is 11.8 Å². The molecule has 3 nitrogen and oxygen atoms in total. The Labute approximate surface area is 97.7 Å². The van der Waals surface area contributed by atoms with Crippen LogP contribution in [0.25, 0.3) is 0 Å². The van der Waals surface area contributed by atoms with Crippen LogP contribution in [0, 0.1) is 10.8 Å². The Morgan fingerprint density at radius 2 is 2.00 bits per heavy atom. The first-order valence-corrected chi connectivity index (χ1v) is 6.57. The van der Waals surface area contributed by atoms with Crippen LogP contribution in [0.2, 0.25) is 0 Å². The Kier molecular flexibility index (Phi) is 7.88. The lowest BCUT2D eigenvalue weighted by atomic mass is 9.86. The summed E-state index contributed by atoms with van der Waals surface area (Å²) in [5, 5.41) is 7.42. The molecule has 0 radical (unpaired) electrons. The first kappa shape index (κ1) is 14.8. The third-order valence-corrected chi connectivity index (χ3v) is 3.53. The second-order valence-electron chi connectivity index (χ2n) is 4.36. The Morgan fingerprint density at radius 3 is 2.53 bits per heavy atom. The molecular formula is C11H24N2OS. The zero-order valence-electron chi connectivity index (χ0n) is 10.1. The largest absolute Gasteiger partial charge is 0.387 e. The van der Waals surface area contributed by atoms with Gasteiger partial charge in [-0.3, -0.25) is 5.41 Å². The van der Waals surface area contributed by atoms with E-state index in [9.17, 15) is 0 Å². The zero-order valence-corrected chi connectivity index (χ0v) is 11.0. The first-order valence-electron chi connectivity index (χ1n) is 5.42. The van der Waals surface area contributed by atoms with E-state index in [4.69, 9.17) is 15.9 Å². The third-order valence-electron chi connectivity index (χ3n) is 2.50. The summed E-state index contributed by atoms with van der Waals surface area (Å²) in [7, 11) is 1.73. The van der Waals surface area contributed by atoms with Gasteiger partial charge >= 0.3 is 0 Å². The first-order chi connectivity index (χ1) is 7.00. The molecule has 0 atom stereocenters. The average molecular weight is 232 g/mol. The van der Waals surface area contributed by atoms with Crippen molar-refractivity contribution in [3.05, 3.63) is 0 Å². The van der Waals surface area contributed by atoms with Gasteiger partial charge in [0, 0.05) is 18.3 Å². The summed E-state index contributed by atoms with van der Waals surface area (Å²) in [6.45, 7) is 4.91. The summed E-state index contributed by atoms with van der Waals surface area (Å²) in [6, 6.07) is 0. The summed E-state index contributed by atoms with van der Waals surface area (Å²) in [5.74, 6) is 2.55. The summed E-state index contributed by atoms with van der Waals surface area (Å²) < 4.78 is 4.97. The van der Waals surface area contributed by atoms with Crippen LogP contribution >= 0.6 is 11.8 Å². The molecule has 0 unspecified atom stereocenters. The van der Waals surface area contributed by atoms with E-state index in [1.165, 1.54) is 12.2 Å². The van der Waals surface area contributed by atoms with E-state index in [1.54, 1.807) is 7.11 Å². The molecule has 0 aliphatic carbocycles. The fourth-order valence-corrected chi connectivity index (χ4v) is 2.05. The number of thioether (sulfide) groups is 1. The number of amidine groups is 1. The minimum atomic E-state index is -0.128. The minimum Gasteiger partial charge on any atom is -0.387 e. The van der Waals surface area contributed by atoms with Crippen LogP contribution in [-0.2, 0) is 4.74 Å². The van der Waals surface area contributed by atoms with Gasteiger partial charge in [0.25, 0.3) is 0 Å². The van der Waals surface area contributed by atoms with E-state index < -0.39 is 0 Å². The molecule has 0 saturated heterocycles. The molecule has 0 aromatic carbocycles. The minimum absolute atomic E-state index is 0.128. The molecule has 0 rings (SSSR count). The quantitative estimate of drug-likeness (QED) is 0.365. The van der Waals surface area contributed by atoms with Gasteiger partial charge in [0.1, 0.15) is 0 Å². The van der Waals surface area contributed by atoms with E-state index in [0.717, 1.165) is 25.2 Å². The fourth-order valence-electron chi connectivity index (χ4n) is 1.15. The van der Waals surface area contributed by atoms with Gasteiger partial charge in [0.15, 0.2) is 0 Å². The number of ether oxygens (including phenoxy) is 1. The third kappa shape index (κ3) is 7.68. The molecule has 0 aromatic heterocycles. The molecule has 0 aliphatic heterocycles. The Bertz CT molecular complexity index is 183. The maximum absolute atomic E-state index is 7.42. The van der Waals surface area contributed by atoms with Gasteiger partial charge in [-0.15, -0.1) is 0 Å². The molecule has 0 saturated carbocycles. The standard InChI is InChI=1S/C11H24N2OS/c1-11(2,10(12)13)6-4-5-8-15-9-7-14-3/h4-9H2,1-3H3,(H3,12,13). The van der Waals surface area contributed by atoms with E-state index in [2.05, 4.69) is 0 Å². The molecule has 0 aliphatic rings. The van der Waals surface area contributed by atoms with Crippen molar-refractivity contribution in [2.75, 3.05) is 25.2 Å². The highest BCUT2D eigenvalue weighted by Gasteiger charge is 2.20. The summed E-state index contributed by atoms with van der Waals surface area (Å²) in [5.41, 5.74) is 5.38. The predicted molar refractivity (Wildman–Crippen MR) is 68.7 cm³/mol. The van der Waals surface area contributed by atoms with Crippen LogP contribution in [0.3, 0.4) is 0 Å². The predicted octanol–water partition coefficient (Wildman–Crippen LogP) is 2.50. The lowest BCUT2D eigenvalue weighted by molar-refractivity contribution is 0.218. The van der Waals surface area contributed by atoms with E-state index in [-0.39, 0.29) is 5.41 Å². The van der Waals surface area contributed by atoms with Crippen LogP contribution < -0.4 is 5.73 Å². The van der Waals surface area contributed by atoms with Gasteiger partial charge in [0.05, 0.1) is 12.4 Å². The van der Waals surface area contributed by atoms with Gasteiger partial charge in [-0.25, -0.2) is 0 Å². The molecule has 0 bridgehead atoms. The topological polar surface area (TPSA) is 59.1 Å². The van der Waals surface area contributed by atoms with Crippen molar-refractivity contribution < 1.29 is 4.74 Å². The highest BCUT2D eigenvalue weighted by molar-refractivity contribution is 7.99. The van der Waals surface area contributed by atoms with E-state index >= 15 is 0 Å². The fraction of sp³-hybridized carbons (Fsp3) is 0.909.